The van der Waals surface area contributed by atoms with E-state index in [9.17, 15) is 14.3 Å². The van der Waals surface area contributed by atoms with Gasteiger partial charge >= 0.3 is 0 Å². The molecular weight excluding hydrogens is 221 g/mol. The summed E-state index contributed by atoms with van der Waals surface area (Å²) >= 11 is 0. The molecule has 15 heavy (non-hydrogen) atoms. The third kappa shape index (κ3) is 3.18. The Labute approximate surface area is 93.5 Å². The number of hydrogen-bond acceptors (Lipinski definition) is 2. The second-order valence-electron chi connectivity index (χ2n) is 3.62. The Morgan fingerprint density at radius 2 is 2.00 bits per heavy atom. The van der Waals surface area contributed by atoms with Crippen molar-refractivity contribution in [3.63, 3.8) is 0 Å². The van der Waals surface area contributed by atoms with Gasteiger partial charge in [-0.3, -0.25) is 4.79 Å². The van der Waals surface area contributed by atoms with Crippen LogP contribution in [0.5, 0.6) is 0 Å². The van der Waals surface area contributed by atoms with Crippen molar-refractivity contribution in [1.29, 1.82) is 0 Å². The van der Waals surface area contributed by atoms with E-state index in [0.29, 0.717) is 5.56 Å². The molecule has 0 radical (unpaired) electrons. The molecular formula is C10H13ClFNO2. The van der Waals surface area contributed by atoms with Crippen molar-refractivity contribution in [1.82, 2.24) is 0 Å². The number of benzene rings is 1. The van der Waals surface area contributed by atoms with Crippen LogP contribution in [0.4, 0.5) is 4.39 Å². The van der Waals surface area contributed by atoms with Gasteiger partial charge in [0.1, 0.15) is 5.82 Å². The normalized spacial score (nSPS) is 10.7. The van der Waals surface area contributed by atoms with Crippen LogP contribution in [0.3, 0.4) is 0 Å². The van der Waals surface area contributed by atoms with Crippen LogP contribution in [-0.4, -0.2) is 11.0 Å². The summed E-state index contributed by atoms with van der Waals surface area (Å²) in [7, 11) is 0. The van der Waals surface area contributed by atoms with Crippen LogP contribution in [0.25, 0.3) is 0 Å². The molecule has 3 nitrogen and oxygen atoms in total. The third-order valence-corrected chi connectivity index (χ3v) is 1.94. The van der Waals surface area contributed by atoms with Gasteiger partial charge < -0.3 is 10.8 Å². The zero-order chi connectivity index (χ0) is 10.9. The Hall–Kier alpha value is -1.13. The highest BCUT2D eigenvalue weighted by molar-refractivity contribution is 5.93. The predicted octanol–water partition coefficient (Wildman–Crippen LogP) is 1.57. The lowest BCUT2D eigenvalue weighted by Crippen LogP contribution is -2.18. The zero-order valence-electron chi connectivity index (χ0n) is 8.45. The predicted molar refractivity (Wildman–Crippen MR) is 57.4 cm³/mol. The molecule has 0 aliphatic carbocycles. The topological polar surface area (TPSA) is 63.3 Å². The number of carbonyl (C=O) groups is 1. The Balaban J connectivity index is 0.00000196. The minimum Gasteiger partial charge on any atom is -0.386 e. The van der Waals surface area contributed by atoms with Crippen molar-refractivity contribution < 1.29 is 14.3 Å². The molecule has 0 fully saturated rings. The standard InChI is InChI=1S/C10H12FNO2.ClH/c1-10(2,14)6-3-4-7(9(12)13)8(11)5-6;/h3-5,14H,1-2H3,(H2,12,13);1H. The molecule has 1 rings (SSSR count). The molecule has 0 unspecified atom stereocenters. The van der Waals surface area contributed by atoms with Gasteiger partial charge in [-0.2, -0.15) is 0 Å². The van der Waals surface area contributed by atoms with Crippen molar-refractivity contribution in [2.45, 2.75) is 19.4 Å². The summed E-state index contributed by atoms with van der Waals surface area (Å²) in [5, 5.41) is 9.56. The molecule has 0 bridgehead atoms. The van der Waals surface area contributed by atoms with Gasteiger partial charge in [-0.1, -0.05) is 6.07 Å². The molecule has 0 atom stereocenters. The minimum absolute atomic E-state index is 0. The number of halogens is 2. The molecule has 0 saturated carbocycles. The van der Waals surface area contributed by atoms with Gasteiger partial charge in [0, 0.05) is 0 Å². The maximum atomic E-state index is 13.2. The number of nitrogens with two attached hydrogens (primary N) is 1. The highest BCUT2D eigenvalue weighted by Gasteiger charge is 2.18. The van der Waals surface area contributed by atoms with Crippen molar-refractivity contribution in [2.75, 3.05) is 0 Å². The van der Waals surface area contributed by atoms with Crippen LogP contribution >= 0.6 is 12.4 Å². The van der Waals surface area contributed by atoms with Crippen LogP contribution in [0.15, 0.2) is 18.2 Å². The third-order valence-electron chi connectivity index (χ3n) is 1.94. The Kier molecular flexibility index (Phi) is 4.25. The molecule has 0 spiro atoms. The van der Waals surface area contributed by atoms with Crippen LogP contribution in [0, 0.1) is 5.82 Å². The Morgan fingerprint density at radius 3 is 2.33 bits per heavy atom. The molecule has 0 aliphatic heterocycles. The fraction of sp³-hybridized carbons (Fsp3) is 0.300. The summed E-state index contributed by atoms with van der Waals surface area (Å²) in [5.41, 5.74) is 4.04. The van der Waals surface area contributed by atoms with Gasteiger partial charge in [0.2, 0.25) is 0 Å². The van der Waals surface area contributed by atoms with Gasteiger partial charge in [0.25, 0.3) is 5.91 Å². The van der Waals surface area contributed by atoms with Crippen LogP contribution < -0.4 is 5.73 Å². The lowest BCUT2D eigenvalue weighted by Gasteiger charge is -2.17. The average molecular weight is 234 g/mol. The van der Waals surface area contributed by atoms with E-state index in [1.807, 2.05) is 0 Å². The van der Waals surface area contributed by atoms with E-state index in [-0.39, 0.29) is 18.0 Å². The molecule has 5 heteroatoms. The van der Waals surface area contributed by atoms with E-state index in [4.69, 9.17) is 5.73 Å². The number of primary amides is 1. The van der Waals surface area contributed by atoms with Gasteiger partial charge in [-0.05, 0) is 31.5 Å². The van der Waals surface area contributed by atoms with Crippen LogP contribution in [0.1, 0.15) is 29.8 Å². The molecule has 0 aromatic heterocycles. The van der Waals surface area contributed by atoms with Crippen LogP contribution in [0.2, 0.25) is 0 Å². The van der Waals surface area contributed by atoms with Gasteiger partial charge in [0.15, 0.2) is 0 Å². The van der Waals surface area contributed by atoms with Crippen molar-refractivity contribution in [2.24, 2.45) is 5.73 Å². The van der Waals surface area contributed by atoms with Crippen LogP contribution in [-0.2, 0) is 5.60 Å². The van der Waals surface area contributed by atoms with E-state index in [1.165, 1.54) is 26.0 Å². The Bertz CT molecular complexity index is 374. The summed E-state index contributed by atoms with van der Waals surface area (Å²) in [5.74, 6) is -1.53. The molecule has 0 saturated heterocycles. The first-order valence-corrected chi connectivity index (χ1v) is 4.14. The summed E-state index contributed by atoms with van der Waals surface area (Å²) in [4.78, 5) is 10.7. The van der Waals surface area contributed by atoms with E-state index in [0.717, 1.165) is 6.07 Å². The molecule has 0 heterocycles. The summed E-state index contributed by atoms with van der Waals surface area (Å²) in [6.07, 6.45) is 0. The molecule has 3 N–H and O–H groups in total. The first kappa shape index (κ1) is 13.9. The SMILES string of the molecule is CC(C)(O)c1ccc(C(N)=O)c(F)c1.Cl. The zero-order valence-corrected chi connectivity index (χ0v) is 9.27. The van der Waals surface area contributed by atoms with Gasteiger partial charge in [0.05, 0.1) is 11.2 Å². The highest BCUT2D eigenvalue weighted by Crippen LogP contribution is 2.21. The first-order chi connectivity index (χ1) is 6.32. The number of rotatable bonds is 2. The summed E-state index contributed by atoms with van der Waals surface area (Å²) in [6, 6.07) is 3.86. The monoisotopic (exact) mass is 233 g/mol. The Morgan fingerprint density at radius 1 is 1.47 bits per heavy atom. The fourth-order valence-electron chi connectivity index (χ4n) is 1.10. The van der Waals surface area contributed by atoms with Crippen molar-refractivity contribution in [3.8, 4) is 0 Å². The molecule has 84 valence electrons. The number of hydrogen-bond donors (Lipinski definition) is 2. The first-order valence-electron chi connectivity index (χ1n) is 4.14. The smallest absolute Gasteiger partial charge is 0.251 e. The maximum absolute atomic E-state index is 13.2. The van der Waals surface area contributed by atoms with E-state index in [2.05, 4.69) is 0 Å². The molecule has 1 aromatic carbocycles. The lowest BCUT2D eigenvalue weighted by molar-refractivity contribution is 0.0780. The minimum atomic E-state index is -1.13. The molecule has 1 aromatic rings. The second kappa shape index (κ2) is 4.59. The van der Waals surface area contributed by atoms with E-state index >= 15 is 0 Å². The molecule has 1 amide bonds. The highest BCUT2D eigenvalue weighted by atomic mass is 35.5. The molecule has 0 aliphatic rings. The number of aliphatic hydroxyl groups is 1. The quantitative estimate of drug-likeness (QED) is 0.815. The van der Waals surface area contributed by atoms with E-state index < -0.39 is 17.3 Å². The van der Waals surface area contributed by atoms with E-state index in [1.54, 1.807) is 0 Å². The van der Waals surface area contributed by atoms with Gasteiger partial charge in [-0.25, -0.2) is 4.39 Å². The average Bonchev–Trinajstić information content (AvgIpc) is 2.01. The lowest BCUT2D eigenvalue weighted by atomic mass is 9.97. The number of carbonyl (C=O) groups excluding carboxylic acids is 1. The largest absolute Gasteiger partial charge is 0.386 e. The maximum Gasteiger partial charge on any atom is 0.251 e. The second-order valence-corrected chi connectivity index (χ2v) is 3.62. The van der Waals surface area contributed by atoms with Gasteiger partial charge in [-0.15, -0.1) is 12.4 Å². The summed E-state index contributed by atoms with van der Waals surface area (Å²) in [6.45, 7) is 3.07. The van der Waals surface area contributed by atoms with Crippen molar-refractivity contribution in [3.05, 3.63) is 35.1 Å². The number of amides is 1. The van der Waals surface area contributed by atoms with Crippen molar-refractivity contribution >= 4 is 18.3 Å². The fourth-order valence-corrected chi connectivity index (χ4v) is 1.10. The summed E-state index contributed by atoms with van der Waals surface area (Å²) < 4.78 is 13.2.